The molecule has 15 nitrogen and oxygen atoms in total. The maximum atomic E-state index is 5.55. The Labute approximate surface area is 658 Å². The van der Waals surface area contributed by atoms with Crippen molar-refractivity contribution in [2.45, 2.75) is 80.6 Å². The fourth-order valence-electron chi connectivity index (χ4n) is 15.8. The van der Waals surface area contributed by atoms with Crippen molar-refractivity contribution in [3.05, 3.63) is 340 Å². The van der Waals surface area contributed by atoms with Gasteiger partial charge in [-0.05, 0) is 192 Å². The molecule has 0 aliphatic rings. The zero-order chi connectivity index (χ0) is 76.6. The van der Waals surface area contributed by atoms with Crippen LogP contribution in [0.4, 0.5) is 68.2 Å². The Morgan fingerprint density at radius 1 is 0.265 bits per heavy atom. The van der Waals surface area contributed by atoms with E-state index in [1.165, 1.54) is 0 Å². The molecule has 0 radical (unpaired) electrons. The molecular formula is C98H87N15. The molecule has 0 fully saturated rings. The molecule has 0 aliphatic carbocycles. The number of aromatic nitrogens is 11. The zero-order valence-corrected chi connectivity index (χ0v) is 64.3. The molecule has 0 saturated heterocycles. The molecule has 15 heteroatoms. The number of rotatable bonds is 23. The minimum atomic E-state index is -0.133. The van der Waals surface area contributed by atoms with Crippen LogP contribution in [0.2, 0.25) is 0 Å². The smallest absolute Gasteiger partial charge is 0.124 e. The van der Waals surface area contributed by atoms with Crippen molar-refractivity contribution in [3.8, 4) is 44.5 Å². The van der Waals surface area contributed by atoms with Gasteiger partial charge in [0.2, 0.25) is 0 Å². The van der Waals surface area contributed by atoms with Crippen LogP contribution in [0.1, 0.15) is 54.4 Å². The summed E-state index contributed by atoms with van der Waals surface area (Å²) in [7, 11) is 0. The Kier molecular flexibility index (Phi) is 18.9. The summed E-state index contributed by atoms with van der Waals surface area (Å²) < 4.78 is 4.46. The lowest BCUT2D eigenvalue weighted by Crippen LogP contribution is -2.17. The number of unbranched alkanes of at least 4 members (excludes halogenated alkanes) is 1. The Hall–Kier alpha value is -13.9. The molecule has 18 rings (SSSR count). The highest BCUT2D eigenvalue weighted by Crippen LogP contribution is 2.49. The van der Waals surface area contributed by atoms with E-state index < -0.39 is 0 Å². The topological polar surface area (TPSA) is 126 Å². The van der Waals surface area contributed by atoms with E-state index in [4.69, 9.17) is 30.7 Å². The second-order valence-corrected chi connectivity index (χ2v) is 31.4. The van der Waals surface area contributed by atoms with Crippen molar-refractivity contribution in [2.75, 3.05) is 19.6 Å². The fraction of sp³-hybridized carbons (Fsp3) is 0.143. The van der Waals surface area contributed by atoms with Crippen molar-refractivity contribution < 1.29 is 0 Å². The second kappa shape index (κ2) is 30.2. The monoisotopic (exact) mass is 1470 g/mol. The zero-order valence-electron chi connectivity index (χ0n) is 64.3. The van der Waals surface area contributed by atoms with E-state index in [0.29, 0.717) is 26.2 Å². The van der Waals surface area contributed by atoms with Crippen molar-refractivity contribution in [1.29, 1.82) is 0 Å². The largest absolute Gasteiger partial charge is 0.311 e. The van der Waals surface area contributed by atoms with Gasteiger partial charge >= 0.3 is 0 Å². The van der Waals surface area contributed by atoms with E-state index >= 15 is 0 Å². The van der Waals surface area contributed by atoms with Gasteiger partial charge in [-0.3, -0.25) is 9.78 Å². The summed E-state index contributed by atoms with van der Waals surface area (Å²) in [5, 5.41) is 36.5. The molecule has 14 aromatic carbocycles. The minimum absolute atomic E-state index is 0.114. The summed E-state index contributed by atoms with van der Waals surface area (Å²) in [5.74, 6) is 0. The van der Waals surface area contributed by atoms with Gasteiger partial charge in [-0.15, -0.1) is 5.10 Å². The first-order valence-corrected chi connectivity index (χ1v) is 39.0. The Bertz CT molecular complexity index is 6110. The van der Waals surface area contributed by atoms with Crippen LogP contribution in [0.15, 0.2) is 340 Å². The van der Waals surface area contributed by atoms with Gasteiger partial charge in [0.05, 0.1) is 29.6 Å². The SMILES string of the molecule is CC(C)(C)Cn1nc2c(-c3ccc(N(c4ccccc4)c4ccccc4)cc3)c3nnn(CCCCn4[nH]c5c(-c6ccc(N(c7ccccc7)c7ccccc7)cc6)c6nn(CC(C)(C)C)nc6c(-c6ccc(N(c7ccccc7)c7ccccc7)cc6)c54)c3c(-c3ccc(N(c4ccccc4)c4ccccc4)cc3)c2n1. The number of para-hydroxylation sites is 8. The quantitative estimate of drug-likeness (QED) is 0.0619. The predicted octanol–water partition coefficient (Wildman–Crippen LogP) is 25.3. The lowest BCUT2D eigenvalue weighted by atomic mass is 9.94. The molecule has 0 saturated carbocycles. The standard InChI is InChI=1S/C98H87N15/c1-97(2,3)67-108-101-89-85(69-49-57-81(58-50-69)110(73-33-15-7-16-34-73)74-35-17-8-18-36-74)93-95(87(91(89)103-108)71-53-61-83(62-54-71)112(77-41-23-11-24-42-77)78-43-25-12-26-44-78)107(105-99-93)66-32-31-65-106-96-88(72-55-63-84(64-56-72)113(79-45-27-13-28-46-79)80-47-29-14-30-48-80)92-90(102-109(104-92)68-98(4,5)6)86(94(96)100-106)70-51-59-82(60-52-70)111(75-37-19-9-20-38-75)76-39-21-10-22-40-76/h7-30,33-64,100H,31-32,65-68H2,1-6H3. The molecule has 554 valence electrons. The van der Waals surface area contributed by atoms with E-state index in [1.807, 2.05) is 9.59 Å². The average molecular weight is 1470 g/mol. The number of aromatic amines is 1. The lowest BCUT2D eigenvalue weighted by molar-refractivity contribution is 0.305. The van der Waals surface area contributed by atoms with Crippen molar-refractivity contribution in [1.82, 2.24) is 54.8 Å². The summed E-state index contributed by atoms with van der Waals surface area (Å²) in [4.78, 5) is 13.0. The highest BCUT2D eigenvalue weighted by Gasteiger charge is 2.31. The third kappa shape index (κ3) is 14.2. The number of hydrogen-bond donors (Lipinski definition) is 1. The number of nitrogens with zero attached hydrogens (tertiary/aromatic N) is 14. The summed E-state index contributed by atoms with van der Waals surface area (Å²) in [6, 6.07) is 120. The minimum Gasteiger partial charge on any atom is -0.311 e. The van der Waals surface area contributed by atoms with Crippen LogP contribution < -0.4 is 19.6 Å². The Balaban J connectivity index is 0.765. The van der Waals surface area contributed by atoms with Crippen LogP contribution >= 0.6 is 0 Å². The number of hydrogen-bond acceptors (Lipinski definition) is 10. The fourth-order valence-corrected chi connectivity index (χ4v) is 15.8. The predicted molar refractivity (Wildman–Crippen MR) is 465 cm³/mol. The van der Waals surface area contributed by atoms with E-state index in [0.717, 1.165) is 170 Å². The summed E-state index contributed by atoms with van der Waals surface area (Å²) in [6.45, 7) is 15.9. The van der Waals surface area contributed by atoms with Gasteiger partial charge in [-0.1, -0.05) is 241 Å². The first-order chi connectivity index (χ1) is 55.3. The summed E-state index contributed by atoms with van der Waals surface area (Å²) in [6.07, 6.45) is 1.55. The average Bonchev–Trinajstić information content (AvgIpc) is 1.70. The highest BCUT2D eigenvalue weighted by molar-refractivity contribution is 6.19. The third-order valence-corrected chi connectivity index (χ3v) is 20.7. The maximum Gasteiger partial charge on any atom is 0.124 e. The molecule has 0 bridgehead atoms. The Morgan fingerprint density at radius 3 is 0.814 bits per heavy atom. The number of aryl methyl sites for hydroxylation is 2. The lowest BCUT2D eigenvalue weighted by Gasteiger charge is -2.26. The normalized spacial score (nSPS) is 11.8. The van der Waals surface area contributed by atoms with Crippen LogP contribution in [0.3, 0.4) is 0 Å². The highest BCUT2D eigenvalue weighted by atomic mass is 15.5. The first kappa shape index (κ1) is 70.7. The van der Waals surface area contributed by atoms with Crippen LogP contribution in [-0.4, -0.2) is 54.8 Å². The van der Waals surface area contributed by atoms with Gasteiger partial charge in [0.25, 0.3) is 0 Å². The van der Waals surface area contributed by atoms with Crippen LogP contribution in [0, 0.1) is 10.8 Å². The number of anilines is 12. The maximum absolute atomic E-state index is 5.55. The molecule has 0 spiro atoms. The van der Waals surface area contributed by atoms with Crippen LogP contribution in [0.5, 0.6) is 0 Å². The van der Waals surface area contributed by atoms with Gasteiger partial charge < -0.3 is 19.6 Å². The molecule has 18 aromatic rings. The molecule has 113 heavy (non-hydrogen) atoms. The summed E-state index contributed by atoms with van der Waals surface area (Å²) in [5.41, 5.74) is 27.2. The Morgan fingerprint density at radius 2 is 0.513 bits per heavy atom. The molecule has 1 N–H and O–H groups in total. The summed E-state index contributed by atoms with van der Waals surface area (Å²) >= 11 is 0. The van der Waals surface area contributed by atoms with Crippen molar-refractivity contribution >= 4 is 112 Å². The van der Waals surface area contributed by atoms with Gasteiger partial charge in [-0.2, -0.15) is 30.0 Å². The molecule has 0 atom stereocenters. The van der Waals surface area contributed by atoms with Crippen LogP contribution in [-0.2, 0) is 26.2 Å². The van der Waals surface area contributed by atoms with Crippen LogP contribution in [0.25, 0.3) is 88.6 Å². The number of fused-ring (bicyclic) bond motifs is 4. The van der Waals surface area contributed by atoms with E-state index in [1.54, 1.807) is 0 Å². The van der Waals surface area contributed by atoms with Gasteiger partial charge in [0, 0.05) is 104 Å². The molecular weight excluding hydrogens is 1390 g/mol. The molecule has 0 amide bonds. The van der Waals surface area contributed by atoms with Gasteiger partial charge in [-0.25, -0.2) is 4.68 Å². The molecule has 4 heterocycles. The molecule has 0 unspecified atom stereocenters. The van der Waals surface area contributed by atoms with Gasteiger partial charge in [0.1, 0.15) is 27.6 Å². The van der Waals surface area contributed by atoms with E-state index in [-0.39, 0.29) is 10.8 Å². The second-order valence-electron chi connectivity index (χ2n) is 31.4. The molecule has 4 aromatic heterocycles. The van der Waals surface area contributed by atoms with E-state index in [9.17, 15) is 0 Å². The van der Waals surface area contributed by atoms with Gasteiger partial charge in [0.15, 0.2) is 0 Å². The number of H-pyrrole nitrogens is 1. The van der Waals surface area contributed by atoms with Crippen molar-refractivity contribution in [3.63, 3.8) is 0 Å². The first-order valence-electron chi connectivity index (χ1n) is 39.0. The molecule has 0 aliphatic heterocycles. The third-order valence-electron chi connectivity index (χ3n) is 20.7. The van der Waals surface area contributed by atoms with Crippen molar-refractivity contribution in [2.24, 2.45) is 10.8 Å². The number of nitrogens with one attached hydrogen (secondary N) is 1. The van der Waals surface area contributed by atoms with E-state index in [2.05, 4.69) is 415 Å². The number of benzene rings is 14.